The van der Waals surface area contributed by atoms with Crippen molar-refractivity contribution in [1.82, 2.24) is 0 Å². The molecular weight excluding hydrogens is 234 g/mol. The van der Waals surface area contributed by atoms with E-state index in [2.05, 4.69) is 0 Å². The molecule has 1 aromatic carbocycles. The Balaban J connectivity index is 2.00. The highest BCUT2D eigenvalue weighted by atomic mass is 19.3. The fraction of sp³-hybridized carbons (Fsp3) is 0.467. The van der Waals surface area contributed by atoms with Gasteiger partial charge in [-0.05, 0) is 42.7 Å². The number of hydrogen-bond donors (Lipinski definition) is 0. The van der Waals surface area contributed by atoms with Crippen molar-refractivity contribution in [3.63, 3.8) is 0 Å². The van der Waals surface area contributed by atoms with Crippen LogP contribution in [-0.2, 0) is 4.74 Å². The van der Waals surface area contributed by atoms with Gasteiger partial charge in [-0.1, -0.05) is 24.3 Å². The first-order chi connectivity index (χ1) is 8.69. The molecule has 0 amide bonds. The molecule has 0 saturated heterocycles. The lowest BCUT2D eigenvalue weighted by Gasteiger charge is -2.27. The molecule has 0 radical (unpaired) electrons. The molecule has 0 N–H and O–H groups in total. The Morgan fingerprint density at radius 2 is 1.72 bits per heavy atom. The van der Waals surface area contributed by atoms with Gasteiger partial charge >= 0.3 is 0 Å². The Morgan fingerprint density at radius 1 is 1.11 bits per heavy atom. The second-order valence-electron chi connectivity index (χ2n) is 4.81. The van der Waals surface area contributed by atoms with Crippen LogP contribution < -0.4 is 0 Å². The van der Waals surface area contributed by atoms with E-state index in [1.165, 1.54) is 5.56 Å². The van der Waals surface area contributed by atoms with Gasteiger partial charge < -0.3 is 4.74 Å². The van der Waals surface area contributed by atoms with E-state index in [4.69, 9.17) is 4.74 Å². The van der Waals surface area contributed by atoms with Gasteiger partial charge in [0.15, 0.2) is 0 Å². The molecule has 0 heterocycles. The van der Waals surface area contributed by atoms with Crippen molar-refractivity contribution in [1.29, 1.82) is 0 Å². The first-order valence-electron chi connectivity index (χ1n) is 6.34. The standard InChI is InChI=1S/C15H18F2O/c1-18-14-8-6-13(7-9-14)12-4-2-11(3-5-12)10-15(16)17/h2-5,10,13-14H,6-9H2,1H3. The summed E-state index contributed by atoms with van der Waals surface area (Å²) in [6.07, 6.45) is 4.04. The third-order valence-electron chi connectivity index (χ3n) is 3.69. The second kappa shape index (κ2) is 6.10. The Labute approximate surface area is 106 Å². The lowest BCUT2D eigenvalue weighted by atomic mass is 9.82. The summed E-state index contributed by atoms with van der Waals surface area (Å²) >= 11 is 0. The van der Waals surface area contributed by atoms with Crippen molar-refractivity contribution < 1.29 is 13.5 Å². The molecule has 2 rings (SSSR count). The zero-order valence-corrected chi connectivity index (χ0v) is 10.5. The highest BCUT2D eigenvalue weighted by molar-refractivity contribution is 5.50. The highest BCUT2D eigenvalue weighted by Crippen LogP contribution is 2.33. The van der Waals surface area contributed by atoms with E-state index in [9.17, 15) is 8.78 Å². The predicted molar refractivity (Wildman–Crippen MR) is 68.6 cm³/mol. The summed E-state index contributed by atoms with van der Waals surface area (Å²) in [5.74, 6) is 0.546. The van der Waals surface area contributed by atoms with E-state index in [1.807, 2.05) is 12.1 Å². The lowest BCUT2D eigenvalue weighted by molar-refractivity contribution is 0.0659. The molecule has 98 valence electrons. The zero-order valence-electron chi connectivity index (χ0n) is 10.5. The van der Waals surface area contributed by atoms with Crippen LogP contribution in [0.25, 0.3) is 6.08 Å². The highest BCUT2D eigenvalue weighted by Gasteiger charge is 2.21. The van der Waals surface area contributed by atoms with Crippen LogP contribution in [0.3, 0.4) is 0 Å². The van der Waals surface area contributed by atoms with E-state index >= 15 is 0 Å². The zero-order chi connectivity index (χ0) is 13.0. The van der Waals surface area contributed by atoms with Gasteiger partial charge in [0, 0.05) is 13.2 Å². The Kier molecular flexibility index (Phi) is 4.48. The fourth-order valence-electron chi connectivity index (χ4n) is 2.62. The van der Waals surface area contributed by atoms with Gasteiger partial charge in [-0.15, -0.1) is 0 Å². The van der Waals surface area contributed by atoms with Crippen LogP contribution in [0.2, 0.25) is 0 Å². The summed E-state index contributed by atoms with van der Waals surface area (Å²) in [4.78, 5) is 0. The molecule has 0 spiro atoms. The number of methoxy groups -OCH3 is 1. The monoisotopic (exact) mass is 252 g/mol. The van der Waals surface area contributed by atoms with Crippen molar-refractivity contribution in [2.45, 2.75) is 37.7 Å². The summed E-state index contributed by atoms with van der Waals surface area (Å²) in [5, 5.41) is 0. The third-order valence-corrected chi connectivity index (χ3v) is 3.69. The van der Waals surface area contributed by atoms with Gasteiger partial charge in [-0.2, -0.15) is 8.78 Å². The van der Waals surface area contributed by atoms with Crippen LogP contribution >= 0.6 is 0 Å². The SMILES string of the molecule is COC1CCC(c2ccc(C=C(F)F)cc2)CC1. The van der Waals surface area contributed by atoms with Gasteiger partial charge in [0.2, 0.25) is 0 Å². The maximum atomic E-state index is 12.1. The topological polar surface area (TPSA) is 9.23 Å². The third kappa shape index (κ3) is 3.39. The number of rotatable bonds is 3. The van der Waals surface area contributed by atoms with Crippen molar-refractivity contribution in [2.75, 3.05) is 7.11 Å². The molecule has 18 heavy (non-hydrogen) atoms. The van der Waals surface area contributed by atoms with Crippen molar-refractivity contribution in [3.8, 4) is 0 Å². The molecule has 1 nitrogen and oxygen atoms in total. The van der Waals surface area contributed by atoms with Crippen LogP contribution in [0, 0.1) is 0 Å². The molecule has 0 bridgehead atoms. The quantitative estimate of drug-likeness (QED) is 0.764. The van der Waals surface area contributed by atoms with Crippen molar-refractivity contribution >= 4 is 6.08 Å². The van der Waals surface area contributed by atoms with Gasteiger partial charge in [0.05, 0.1) is 6.10 Å². The first kappa shape index (κ1) is 13.2. The number of ether oxygens (including phenoxy) is 1. The van der Waals surface area contributed by atoms with Crippen LogP contribution in [0.15, 0.2) is 30.3 Å². The van der Waals surface area contributed by atoms with E-state index in [-0.39, 0.29) is 0 Å². The molecule has 1 aliphatic carbocycles. The Morgan fingerprint density at radius 3 is 2.22 bits per heavy atom. The molecule has 1 fully saturated rings. The largest absolute Gasteiger partial charge is 0.381 e. The normalized spacial score (nSPS) is 23.7. The summed E-state index contributed by atoms with van der Waals surface area (Å²) in [5.41, 5.74) is 1.81. The molecule has 3 heteroatoms. The van der Waals surface area contributed by atoms with E-state index in [1.54, 1.807) is 19.2 Å². The molecule has 0 atom stereocenters. The fourth-order valence-corrected chi connectivity index (χ4v) is 2.62. The van der Waals surface area contributed by atoms with Gasteiger partial charge in [0.1, 0.15) is 0 Å². The van der Waals surface area contributed by atoms with Crippen molar-refractivity contribution in [2.24, 2.45) is 0 Å². The smallest absolute Gasteiger partial charge is 0.270 e. The average molecular weight is 252 g/mol. The first-order valence-corrected chi connectivity index (χ1v) is 6.34. The Hall–Kier alpha value is -1.22. The van der Waals surface area contributed by atoms with Crippen molar-refractivity contribution in [3.05, 3.63) is 41.5 Å². The minimum atomic E-state index is -1.65. The Bertz CT molecular complexity index is 399. The molecule has 0 aliphatic heterocycles. The van der Waals surface area contributed by atoms with Gasteiger partial charge in [-0.25, -0.2) is 0 Å². The van der Waals surface area contributed by atoms with Gasteiger partial charge in [0.25, 0.3) is 6.08 Å². The van der Waals surface area contributed by atoms with E-state index in [0.29, 0.717) is 17.6 Å². The maximum Gasteiger partial charge on any atom is 0.270 e. The number of benzene rings is 1. The average Bonchev–Trinajstić information content (AvgIpc) is 2.39. The minimum absolute atomic E-state index is 0.393. The van der Waals surface area contributed by atoms with Crippen LogP contribution in [0.1, 0.15) is 42.7 Å². The number of hydrogen-bond acceptors (Lipinski definition) is 1. The van der Waals surface area contributed by atoms with Gasteiger partial charge in [-0.3, -0.25) is 0 Å². The van der Waals surface area contributed by atoms with Crippen LogP contribution in [0.4, 0.5) is 8.78 Å². The lowest BCUT2D eigenvalue weighted by Crippen LogP contribution is -2.19. The molecular formula is C15H18F2O. The van der Waals surface area contributed by atoms with E-state index in [0.717, 1.165) is 31.8 Å². The van der Waals surface area contributed by atoms with E-state index < -0.39 is 6.08 Å². The van der Waals surface area contributed by atoms with Crippen LogP contribution in [-0.4, -0.2) is 13.2 Å². The molecule has 1 saturated carbocycles. The van der Waals surface area contributed by atoms with Crippen LogP contribution in [0.5, 0.6) is 0 Å². The summed E-state index contributed by atoms with van der Waals surface area (Å²) < 4.78 is 29.6. The second-order valence-corrected chi connectivity index (χ2v) is 4.81. The summed E-state index contributed by atoms with van der Waals surface area (Å²) in [6, 6.07) is 7.45. The maximum absolute atomic E-state index is 12.1. The molecule has 0 unspecified atom stereocenters. The summed E-state index contributed by atoms with van der Waals surface area (Å²) in [6.45, 7) is 0. The molecule has 1 aliphatic rings. The summed E-state index contributed by atoms with van der Waals surface area (Å²) in [7, 11) is 1.76. The molecule has 1 aromatic rings. The predicted octanol–water partition coefficient (Wildman–Crippen LogP) is 4.60. The molecule has 0 aromatic heterocycles. The number of halogens is 2. The minimum Gasteiger partial charge on any atom is -0.381 e.